The standard InChI is InChI=1S/C33H50O2PSi2/c1-10-11-27-33(34-37(8)31(2,3)4,35-38(9)32(5,6)7)36(28-21-15-12-16-22-28,29-23-17-13-18-24-29)30-25-19-14-20-26-30/h12-26,37-38H,10-11,27H2,1-9H3/q+1. The predicted molar refractivity (Wildman–Crippen MR) is 175 cm³/mol. The summed E-state index contributed by atoms with van der Waals surface area (Å²) in [5.41, 5.74) is -0.731. The van der Waals surface area contributed by atoms with Crippen LogP contribution < -0.4 is 15.9 Å². The Balaban J connectivity index is 2.53. The van der Waals surface area contributed by atoms with Crippen LogP contribution in [-0.2, 0) is 8.85 Å². The minimum Gasteiger partial charge on any atom is -0.363 e. The van der Waals surface area contributed by atoms with Gasteiger partial charge in [-0.25, -0.2) is 0 Å². The molecular weight excluding hydrogens is 516 g/mol. The quantitative estimate of drug-likeness (QED) is 0.133. The van der Waals surface area contributed by atoms with Gasteiger partial charge in [-0.05, 0) is 66.0 Å². The van der Waals surface area contributed by atoms with Crippen molar-refractivity contribution in [3.63, 3.8) is 0 Å². The predicted octanol–water partition coefficient (Wildman–Crippen LogP) is 8.17. The number of hydrogen-bond donors (Lipinski definition) is 0. The van der Waals surface area contributed by atoms with Gasteiger partial charge in [0.1, 0.15) is 15.9 Å². The van der Waals surface area contributed by atoms with Crippen molar-refractivity contribution in [1.82, 2.24) is 0 Å². The third-order valence-corrected chi connectivity index (χ3v) is 19.4. The topological polar surface area (TPSA) is 18.5 Å². The number of unbranched alkanes of at least 4 members (excludes halogenated alkanes) is 1. The Bertz CT molecular complexity index is 990. The normalized spacial score (nSPS) is 16.0. The summed E-state index contributed by atoms with van der Waals surface area (Å²) in [5, 5.41) is 4.20. The fraction of sp³-hybridized carbons (Fsp3) is 0.455. The maximum atomic E-state index is 7.70. The number of hydrogen-bond acceptors (Lipinski definition) is 2. The van der Waals surface area contributed by atoms with E-state index in [0.717, 1.165) is 19.3 Å². The summed E-state index contributed by atoms with van der Waals surface area (Å²) < 4.78 is 15.4. The molecule has 2 unspecified atom stereocenters. The lowest BCUT2D eigenvalue weighted by Crippen LogP contribution is -2.56. The zero-order valence-corrected chi connectivity index (χ0v) is 28.4. The van der Waals surface area contributed by atoms with Crippen LogP contribution in [0.1, 0.15) is 67.7 Å². The fourth-order valence-electron chi connectivity index (χ4n) is 4.77. The van der Waals surface area contributed by atoms with Gasteiger partial charge in [-0.1, -0.05) is 109 Å². The number of rotatable bonds is 11. The SMILES string of the molecule is CCCCC(O[SiH](C)C(C)(C)C)(O[SiH](C)C(C)(C)C)[P+](c1ccccc1)(c1ccccc1)c1ccccc1. The zero-order valence-electron chi connectivity index (χ0n) is 25.2. The highest BCUT2D eigenvalue weighted by atomic mass is 31.2. The van der Waals surface area contributed by atoms with E-state index in [1.54, 1.807) is 0 Å². The van der Waals surface area contributed by atoms with Crippen LogP contribution >= 0.6 is 7.26 Å². The molecule has 0 spiro atoms. The molecule has 0 aliphatic rings. The van der Waals surface area contributed by atoms with Crippen LogP contribution in [0.2, 0.25) is 23.2 Å². The van der Waals surface area contributed by atoms with Crippen molar-refractivity contribution in [2.45, 2.75) is 96.4 Å². The maximum absolute atomic E-state index is 7.70. The zero-order chi connectivity index (χ0) is 28.0. The summed E-state index contributed by atoms with van der Waals surface area (Å²) in [6, 6.07) is 33.5. The summed E-state index contributed by atoms with van der Waals surface area (Å²) >= 11 is 0. The average molecular weight is 566 g/mol. The molecule has 0 bridgehead atoms. The first kappa shape index (κ1) is 31.0. The molecular formula is C33H50O2PSi2+. The summed E-state index contributed by atoms with van der Waals surface area (Å²) in [6.07, 6.45) is 3.05. The Morgan fingerprint density at radius 2 is 0.895 bits per heavy atom. The Hall–Kier alpha value is -1.56. The fourth-order valence-corrected chi connectivity index (χ4v) is 13.7. The Kier molecular flexibility index (Phi) is 10.4. The van der Waals surface area contributed by atoms with Crippen molar-refractivity contribution >= 4 is 41.3 Å². The van der Waals surface area contributed by atoms with Gasteiger partial charge < -0.3 is 8.85 Å². The second-order valence-corrected chi connectivity index (χ2v) is 22.8. The Labute approximate surface area is 237 Å². The van der Waals surface area contributed by atoms with Gasteiger partial charge in [0.15, 0.2) is 25.3 Å². The molecule has 0 amide bonds. The molecule has 0 N–H and O–H groups in total. The van der Waals surface area contributed by atoms with Gasteiger partial charge in [0, 0.05) is 6.42 Å². The van der Waals surface area contributed by atoms with E-state index in [1.165, 1.54) is 15.9 Å². The van der Waals surface area contributed by atoms with Crippen LogP contribution in [0.3, 0.4) is 0 Å². The van der Waals surface area contributed by atoms with E-state index in [-0.39, 0.29) is 10.1 Å². The second-order valence-electron chi connectivity index (χ2n) is 12.7. The first-order valence-electron chi connectivity index (χ1n) is 14.3. The van der Waals surface area contributed by atoms with Crippen LogP contribution in [0.15, 0.2) is 91.0 Å². The maximum Gasteiger partial charge on any atom is 0.279 e. The van der Waals surface area contributed by atoms with E-state index < -0.39 is 30.9 Å². The van der Waals surface area contributed by atoms with Gasteiger partial charge in [0.05, 0.1) is 0 Å². The van der Waals surface area contributed by atoms with E-state index in [0.29, 0.717) is 0 Å². The van der Waals surface area contributed by atoms with Gasteiger partial charge in [0.25, 0.3) is 5.53 Å². The van der Waals surface area contributed by atoms with E-state index >= 15 is 0 Å². The minimum atomic E-state index is -2.45. The van der Waals surface area contributed by atoms with Crippen LogP contribution in [0.25, 0.3) is 0 Å². The number of benzene rings is 3. The molecule has 2 nitrogen and oxygen atoms in total. The van der Waals surface area contributed by atoms with Crippen molar-refractivity contribution in [2.75, 3.05) is 0 Å². The summed E-state index contributed by atoms with van der Waals surface area (Å²) in [7, 11) is -5.88. The molecule has 0 heterocycles. The van der Waals surface area contributed by atoms with E-state index in [9.17, 15) is 0 Å². The van der Waals surface area contributed by atoms with Gasteiger partial charge in [-0.3, -0.25) is 0 Å². The van der Waals surface area contributed by atoms with Crippen molar-refractivity contribution in [3.05, 3.63) is 91.0 Å². The highest BCUT2D eigenvalue weighted by molar-refractivity contribution is 7.96. The lowest BCUT2D eigenvalue weighted by Gasteiger charge is -2.49. The second kappa shape index (κ2) is 12.7. The van der Waals surface area contributed by atoms with Crippen molar-refractivity contribution in [1.29, 1.82) is 0 Å². The first-order valence-corrected chi connectivity index (χ1v) is 20.5. The molecule has 38 heavy (non-hydrogen) atoms. The van der Waals surface area contributed by atoms with Crippen LogP contribution in [0, 0.1) is 0 Å². The van der Waals surface area contributed by atoms with Crippen molar-refractivity contribution < 1.29 is 8.85 Å². The molecule has 0 aliphatic heterocycles. The lowest BCUT2D eigenvalue weighted by atomic mass is 10.2. The lowest BCUT2D eigenvalue weighted by molar-refractivity contribution is -0.0544. The molecule has 0 radical (unpaired) electrons. The average Bonchev–Trinajstić information content (AvgIpc) is 2.88. The molecule has 3 rings (SSSR count). The molecule has 0 aromatic heterocycles. The van der Waals surface area contributed by atoms with Crippen LogP contribution in [-0.4, -0.2) is 23.6 Å². The van der Waals surface area contributed by atoms with Gasteiger partial charge in [-0.15, -0.1) is 0 Å². The Morgan fingerprint density at radius 1 is 0.579 bits per heavy atom. The third kappa shape index (κ3) is 6.59. The molecule has 3 aromatic carbocycles. The van der Waals surface area contributed by atoms with E-state index in [2.05, 4.69) is 153 Å². The van der Waals surface area contributed by atoms with Crippen LogP contribution in [0.4, 0.5) is 0 Å². The smallest absolute Gasteiger partial charge is 0.279 e. The summed E-state index contributed by atoms with van der Waals surface area (Å²) in [6.45, 7) is 21.1. The monoisotopic (exact) mass is 565 g/mol. The van der Waals surface area contributed by atoms with Gasteiger partial charge >= 0.3 is 0 Å². The van der Waals surface area contributed by atoms with Gasteiger partial charge in [-0.2, -0.15) is 0 Å². The van der Waals surface area contributed by atoms with Crippen molar-refractivity contribution in [2.24, 2.45) is 0 Å². The first-order chi connectivity index (χ1) is 17.9. The minimum absolute atomic E-state index is 0.104. The molecule has 0 saturated heterocycles. The molecule has 0 fully saturated rings. The summed E-state index contributed by atoms with van der Waals surface area (Å²) in [4.78, 5) is 0. The molecule has 3 aromatic rings. The Morgan fingerprint density at radius 3 is 1.16 bits per heavy atom. The van der Waals surface area contributed by atoms with E-state index in [1.807, 2.05) is 0 Å². The highest BCUT2D eigenvalue weighted by Gasteiger charge is 2.66. The van der Waals surface area contributed by atoms with Gasteiger partial charge in [0.2, 0.25) is 0 Å². The molecule has 206 valence electrons. The van der Waals surface area contributed by atoms with E-state index in [4.69, 9.17) is 8.85 Å². The molecule has 0 saturated carbocycles. The largest absolute Gasteiger partial charge is 0.363 e. The van der Waals surface area contributed by atoms with Crippen molar-refractivity contribution in [3.8, 4) is 0 Å². The third-order valence-electron chi connectivity index (χ3n) is 7.95. The molecule has 0 aliphatic carbocycles. The summed E-state index contributed by atoms with van der Waals surface area (Å²) in [5.74, 6) is 0. The van der Waals surface area contributed by atoms with Crippen LogP contribution in [0.5, 0.6) is 0 Å². The highest BCUT2D eigenvalue weighted by Crippen LogP contribution is 2.69. The molecule has 2 atom stereocenters. The molecule has 5 heteroatoms.